The van der Waals surface area contributed by atoms with Crippen LogP contribution in [-0.2, 0) is 9.84 Å². The second-order valence-electron chi connectivity index (χ2n) is 6.65. The van der Waals surface area contributed by atoms with Crippen LogP contribution in [0.2, 0.25) is 0 Å². The largest absolute Gasteiger partial charge is 0.376 e. The van der Waals surface area contributed by atoms with Crippen LogP contribution in [0.25, 0.3) is 0 Å². The molecule has 0 aromatic rings. The van der Waals surface area contributed by atoms with E-state index in [1.165, 1.54) is 0 Å². The van der Waals surface area contributed by atoms with E-state index in [0.717, 1.165) is 52.1 Å². The van der Waals surface area contributed by atoms with Gasteiger partial charge in [0.1, 0.15) is 0 Å². The normalized spacial score (nSPS) is 36.9. The maximum atomic E-state index is 12.0. The van der Waals surface area contributed by atoms with Crippen LogP contribution >= 0.6 is 0 Å². The molecule has 1 N–H and O–H groups in total. The van der Waals surface area contributed by atoms with Gasteiger partial charge in [-0.15, -0.1) is 0 Å². The molecule has 1 radical (unpaired) electrons. The quantitative estimate of drug-likeness (QED) is 0.793. The van der Waals surface area contributed by atoms with Crippen molar-refractivity contribution in [3.63, 3.8) is 0 Å². The smallest absolute Gasteiger partial charge is 0.0977 e. The number of hydrogen-bond donors (Lipinski definition) is 1. The Hall–Kier alpha value is -0.200. The Morgan fingerprint density at radius 3 is 2.50 bits per heavy atom. The van der Waals surface area contributed by atoms with Crippen molar-refractivity contribution < 1.29 is 9.84 Å². The van der Waals surface area contributed by atoms with Gasteiger partial charge in [0.2, 0.25) is 0 Å². The van der Waals surface area contributed by atoms with Crippen molar-refractivity contribution in [3.05, 3.63) is 0 Å². The van der Waals surface area contributed by atoms with Crippen LogP contribution in [0.3, 0.4) is 0 Å². The topological polar surface area (TPSA) is 47.6 Å². The van der Waals surface area contributed by atoms with Crippen molar-refractivity contribution in [1.29, 1.82) is 0 Å². The van der Waals surface area contributed by atoms with Gasteiger partial charge in [-0.1, -0.05) is 0 Å². The monoisotopic (exact) mass is 282 g/mol. The van der Waals surface area contributed by atoms with E-state index in [1.807, 2.05) is 0 Å². The second kappa shape index (κ2) is 6.28. The lowest BCUT2D eigenvalue weighted by atomic mass is 9.77. The Balaban J connectivity index is 1.76. The van der Waals surface area contributed by atoms with Gasteiger partial charge in [0.15, 0.2) is 0 Å². The molecular weight excluding hydrogens is 254 g/mol. The molecule has 0 saturated carbocycles. The Kier molecular flexibility index (Phi) is 4.62. The first-order chi connectivity index (χ1) is 9.71. The van der Waals surface area contributed by atoms with Crippen molar-refractivity contribution in [2.75, 3.05) is 52.9 Å². The predicted molar refractivity (Wildman–Crippen MR) is 77.4 cm³/mol. The summed E-state index contributed by atoms with van der Waals surface area (Å²) in [6.45, 7) is 7.23. The van der Waals surface area contributed by atoms with Gasteiger partial charge in [-0.3, -0.25) is 4.90 Å². The highest BCUT2D eigenvalue weighted by molar-refractivity contribution is 5.03. The number of likely N-dealkylation sites (N-methyl/N-ethyl adjacent to an activating group) is 1. The van der Waals surface area contributed by atoms with Crippen LogP contribution in [0.15, 0.2) is 0 Å². The van der Waals surface area contributed by atoms with E-state index >= 15 is 0 Å². The van der Waals surface area contributed by atoms with Gasteiger partial charge >= 0.3 is 0 Å². The van der Waals surface area contributed by atoms with E-state index in [9.17, 15) is 5.11 Å². The first-order valence-electron chi connectivity index (χ1n) is 8.12. The maximum absolute atomic E-state index is 12.0. The summed E-state index contributed by atoms with van der Waals surface area (Å²) in [5.41, 5.74) is 0.107. The van der Waals surface area contributed by atoms with Crippen LogP contribution in [-0.4, -0.2) is 80.5 Å². The van der Waals surface area contributed by atoms with Crippen molar-refractivity contribution in [3.8, 4) is 0 Å². The Morgan fingerprint density at radius 1 is 1.15 bits per heavy atom. The molecule has 3 aliphatic rings. The Labute approximate surface area is 122 Å². The molecule has 0 spiro atoms. The Morgan fingerprint density at radius 2 is 1.85 bits per heavy atom. The standard InChI is InChI=1S/C15H28N3O2/c1-17-7-9-18(10-8-17)15(3-5-16-6-4-15)14-12-13(19)2-11-20-14/h13-14,16H,2-12H2,1H3. The molecule has 20 heavy (non-hydrogen) atoms. The van der Waals surface area contributed by atoms with Crippen LogP contribution in [0.5, 0.6) is 0 Å². The van der Waals surface area contributed by atoms with Crippen molar-refractivity contribution in [1.82, 2.24) is 15.1 Å². The molecule has 115 valence electrons. The van der Waals surface area contributed by atoms with Crippen LogP contribution in [0.4, 0.5) is 0 Å². The molecule has 5 nitrogen and oxygen atoms in total. The SMILES string of the molecule is CN1CCN(C2(C3CC([O])CCO3)CCNCC2)CC1. The molecule has 2 unspecified atom stereocenters. The molecule has 3 heterocycles. The van der Waals surface area contributed by atoms with Crippen molar-refractivity contribution in [2.24, 2.45) is 0 Å². The average molecular weight is 282 g/mol. The van der Waals surface area contributed by atoms with Crippen LogP contribution < -0.4 is 5.32 Å². The third-order valence-corrected chi connectivity index (χ3v) is 5.44. The van der Waals surface area contributed by atoms with Crippen molar-refractivity contribution >= 4 is 0 Å². The fourth-order valence-electron chi connectivity index (χ4n) is 4.09. The van der Waals surface area contributed by atoms with E-state index in [1.54, 1.807) is 0 Å². The molecule has 0 amide bonds. The average Bonchev–Trinajstić information content (AvgIpc) is 2.49. The lowest BCUT2D eigenvalue weighted by Gasteiger charge is -2.54. The molecule has 3 saturated heterocycles. The first-order valence-corrected chi connectivity index (χ1v) is 8.12. The van der Waals surface area contributed by atoms with Crippen LogP contribution in [0, 0.1) is 0 Å². The van der Waals surface area contributed by atoms with Gasteiger partial charge in [0, 0.05) is 51.2 Å². The zero-order valence-corrected chi connectivity index (χ0v) is 12.6. The number of nitrogens with one attached hydrogen (secondary N) is 1. The Bertz CT molecular complexity index is 312. The molecule has 0 aliphatic carbocycles. The second-order valence-corrected chi connectivity index (χ2v) is 6.65. The summed E-state index contributed by atoms with van der Waals surface area (Å²) < 4.78 is 6.09. The van der Waals surface area contributed by atoms with Gasteiger partial charge in [-0.25, -0.2) is 5.11 Å². The van der Waals surface area contributed by atoms with Gasteiger partial charge in [0.05, 0.1) is 12.2 Å². The minimum Gasteiger partial charge on any atom is -0.376 e. The zero-order valence-electron chi connectivity index (χ0n) is 12.6. The van der Waals surface area contributed by atoms with E-state index in [4.69, 9.17) is 4.74 Å². The lowest BCUT2D eigenvalue weighted by Crippen LogP contribution is -2.66. The summed E-state index contributed by atoms with van der Waals surface area (Å²) in [4.78, 5) is 5.03. The molecule has 3 fully saturated rings. The van der Waals surface area contributed by atoms with E-state index in [-0.39, 0.29) is 11.6 Å². The molecule has 0 aromatic carbocycles. The number of hydrogen-bond acceptors (Lipinski definition) is 4. The first kappa shape index (κ1) is 14.7. The number of piperazine rings is 1. The predicted octanol–water partition coefficient (Wildman–Crippen LogP) is 0.334. The molecule has 0 bridgehead atoms. The summed E-state index contributed by atoms with van der Waals surface area (Å²) in [7, 11) is 2.19. The minimum atomic E-state index is -0.423. The van der Waals surface area contributed by atoms with Gasteiger partial charge < -0.3 is 15.0 Å². The molecule has 5 heteroatoms. The molecule has 0 aromatic heterocycles. The molecular formula is C15H28N3O2. The summed E-state index contributed by atoms with van der Waals surface area (Å²) in [5.74, 6) is 0. The number of ether oxygens (including phenoxy) is 1. The van der Waals surface area contributed by atoms with E-state index in [2.05, 4.69) is 22.2 Å². The zero-order chi connectivity index (χ0) is 14.0. The summed E-state index contributed by atoms with van der Waals surface area (Å²) in [6.07, 6.45) is 3.35. The highest BCUT2D eigenvalue weighted by atomic mass is 16.5. The number of rotatable bonds is 2. The number of nitrogens with zero attached hydrogens (tertiary/aromatic N) is 2. The fraction of sp³-hybridized carbons (Fsp3) is 1.00. The van der Waals surface area contributed by atoms with Gasteiger partial charge in [-0.05, 0) is 33.0 Å². The van der Waals surface area contributed by atoms with Crippen LogP contribution in [0.1, 0.15) is 25.7 Å². The summed E-state index contributed by atoms with van der Waals surface area (Å²) >= 11 is 0. The molecule has 2 atom stereocenters. The van der Waals surface area contributed by atoms with Crippen molar-refractivity contribution in [2.45, 2.75) is 43.4 Å². The van der Waals surface area contributed by atoms with E-state index in [0.29, 0.717) is 19.4 Å². The van der Waals surface area contributed by atoms with E-state index < -0.39 is 6.10 Å². The van der Waals surface area contributed by atoms with Gasteiger partial charge in [-0.2, -0.15) is 0 Å². The van der Waals surface area contributed by atoms with Gasteiger partial charge in [0.25, 0.3) is 0 Å². The maximum Gasteiger partial charge on any atom is 0.0977 e. The molecule has 3 aliphatic heterocycles. The summed E-state index contributed by atoms with van der Waals surface area (Å²) in [6, 6.07) is 0. The highest BCUT2D eigenvalue weighted by Gasteiger charge is 2.47. The lowest BCUT2D eigenvalue weighted by molar-refractivity contribution is -0.147. The highest BCUT2D eigenvalue weighted by Crippen LogP contribution is 2.36. The fourth-order valence-corrected chi connectivity index (χ4v) is 4.09. The summed E-state index contributed by atoms with van der Waals surface area (Å²) in [5, 5.41) is 15.4. The minimum absolute atomic E-state index is 0.107. The third kappa shape index (κ3) is 2.88. The molecule has 3 rings (SSSR count). The third-order valence-electron chi connectivity index (χ3n) is 5.44. The number of piperidine rings is 1.